The number of carbonyl (C=O) groups excluding carboxylic acids is 1. The Kier molecular flexibility index (Phi) is 5.35. The van der Waals surface area contributed by atoms with Crippen molar-refractivity contribution in [3.63, 3.8) is 0 Å². The van der Waals surface area contributed by atoms with Gasteiger partial charge in [0.1, 0.15) is 10.7 Å². The molecule has 110 valence electrons. The normalized spacial score (nSPS) is 10.3. The van der Waals surface area contributed by atoms with E-state index in [0.717, 1.165) is 16.2 Å². The smallest absolute Gasteiger partial charge is 0.345 e. The zero-order valence-corrected chi connectivity index (χ0v) is 12.5. The maximum Gasteiger partial charge on any atom is 0.345 e. The zero-order valence-electron chi connectivity index (χ0n) is 10.8. The van der Waals surface area contributed by atoms with Gasteiger partial charge in [-0.1, -0.05) is 6.07 Å². The second kappa shape index (κ2) is 7.24. The first-order valence-corrected chi connectivity index (χ1v) is 7.91. The predicted molar refractivity (Wildman–Crippen MR) is 81.6 cm³/mol. The molecule has 0 atom stereocenters. The topological polar surface area (TPSA) is 66.4 Å². The van der Waals surface area contributed by atoms with Crippen molar-refractivity contribution in [1.82, 2.24) is 0 Å². The maximum absolute atomic E-state index is 13.0. The fourth-order valence-electron chi connectivity index (χ4n) is 1.56. The van der Waals surface area contributed by atoms with Gasteiger partial charge < -0.3 is 10.4 Å². The second-order valence-electron chi connectivity index (χ2n) is 4.11. The van der Waals surface area contributed by atoms with E-state index < -0.39 is 11.8 Å². The van der Waals surface area contributed by atoms with Crippen molar-refractivity contribution in [1.29, 1.82) is 0 Å². The highest BCUT2D eigenvalue weighted by Crippen LogP contribution is 2.25. The summed E-state index contributed by atoms with van der Waals surface area (Å²) in [7, 11) is 0. The Bertz CT molecular complexity index is 657. The van der Waals surface area contributed by atoms with Crippen LogP contribution >= 0.6 is 23.1 Å². The van der Waals surface area contributed by atoms with Crippen LogP contribution in [0.2, 0.25) is 0 Å². The van der Waals surface area contributed by atoms with Gasteiger partial charge in [-0.25, -0.2) is 9.18 Å². The number of benzene rings is 1. The Morgan fingerprint density at radius 2 is 2.14 bits per heavy atom. The van der Waals surface area contributed by atoms with Gasteiger partial charge in [0.2, 0.25) is 5.91 Å². The van der Waals surface area contributed by atoms with E-state index in [1.54, 1.807) is 17.5 Å². The average Bonchev–Trinajstić information content (AvgIpc) is 2.87. The van der Waals surface area contributed by atoms with E-state index in [-0.39, 0.29) is 17.2 Å². The molecule has 2 aromatic rings. The number of halogens is 1. The van der Waals surface area contributed by atoms with E-state index in [9.17, 15) is 14.0 Å². The number of carboxylic acid groups (broad SMARTS) is 1. The number of thioether (sulfide) groups is 1. The summed E-state index contributed by atoms with van der Waals surface area (Å²) in [5.74, 6) is -1.03. The van der Waals surface area contributed by atoms with E-state index in [1.165, 1.54) is 30.0 Å². The molecule has 1 aromatic heterocycles. The number of carbonyl (C=O) groups is 2. The van der Waals surface area contributed by atoms with Gasteiger partial charge in [0, 0.05) is 28.1 Å². The van der Waals surface area contributed by atoms with Crippen molar-refractivity contribution >= 4 is 40.7 Å². The molecule has 0 saturated heterocycles. The molecule has 21 heavy (non-hydrogen) atoms. The fraction of sp³-hybridized carbons (Fsp3) is 0.143. The van der Waals surface area contributed by atoms with Crippen LogP contribution in [0, 0.1) is 5.82 Å². The first-order chi connectivity index (χ1) is 10.0. The quantitative estimate of drug-likeness (QED) is 0.795. The Hall–Kier alpha value is -1.86. The van der Waals surface area contributed by atoms with E-state index in [0.29, 0.717) is 11.4 Å². The summed E-state index contributed by atoms with van der Waals surface area (Å²) in [4.78, 5) is 23.5. The van der Waals surface area contributed by atoms with Crippen molar-refractivity contribution in [3.8, 4) is 0 Å². The van der Waals surface area contributed by atoms with Gasteiger partial charge in [-0.3, -0.25) is 4.79 Å². The Balaban J connectivity index is 1.77. The molecular formula is C14H12FNO3S2. The van der Waals surface area contributed by atoms with Crippen LogP contribution in [-0.2, 0) is 4.79 Å². The van der Waals surface area contributed by atoms with Crippen molar-refractivity contribution in [2.24, 2.45) is 0 Å². The Morgan fingerprint density at radius 1 is 1.33 bits per heavy atom. The summed E-state index contributed by atoms with van der Waals surface area (Å²) in [6.07, 6.45) is 0.263. The van der Waals surface area contributed by atoms with Crippen molar-refractivity contribution in [2.75, 3.05) is 11.1 Å². The number of nitrogens with one attached hydrogen (secondary N) is 1. The van der Waals surface area contributed by atoms with Gasteiger partial charge in [-0.2, -0.15) is 0 Å². The largest absolute Gasteiger partial charge is 0.477 e. The summed E-state index contributed by atoms with van der Waals surface area (Å²) < 4.78 is 13.0. The molecule has 1 amide bonds. The molecule has 0 bridgehead atoms. The first-order valence-electron chi connectivity index (χ1n) is 6.04. The molecule has 7 heteroatoms. The van der Waals surface area contributed by atoms with Gasteiger partial charge in [0.25, 0.3) is 0 Å². The lowest BCUT2D eigenvalue weighted by molar-refractivity contribution is -0.115. The summed E-state index contributed by atoms with van der Waals surface area (Å²) in [6.45, 7) is 0. The molecule has 4 nitrogen and oxygen atoms in total. The molecule has 0 spiro atoms. The molecule has 0 aliphatic heterocycles. The number of hydrogen-bond donors (Lipinski definition) is 2. The van der Waals surface area contributed by atoms with Gasteiger partial charge in [0.15, 0.2) is 0 Å². The van der Waals surface area contributed by atoms with Crippen molar-refractivity contribution < 1.29 is 19.1 Å². The van der Waals surface area contributed by atoms with Crippen LogP contribution in [0.3, 0.4) is 0 Å². The summed E-state index contributed by atoms with van der Waals surface area (Å²) >= 11 is 2.57. The predicted octanol–water partition coefficient (Wildman–Crippen LogP) is 3.71. The number of thiophene rings is 1. The summed E-state index contributed by atoms with van der Waals surface area (Å²) in [5.41, 5.74) is 0.425. The monoisotopic (exact) mass is 325 g/mol. The van der Waals surface area contributed by atoms with E-state index in [1.807, 2.05) is 0 Å². The molecule has 0 aliphatic rings. The number of anilines is 1. The first kappa shape index (κ1) is 15.5. The lowest BCUT2D eigenvalue weighted by atomic mass is 10.3. The minimum Gasteiger partial charge on any atom is -0.477 e. The van der Waals surface area contributed by atoms with Crippen molar-refractivity contribution in [3.05, 3.63) is 46.4 Å². The van der Waals surface area contributed by atoms with Gasteiger partial charge in [-0.15, -0.1) is 23.1 Å². The average molecular weight is 325 g/mol. The minimum atomic E-state index is -0.948. The summed E-state index contributed by atoms with van der Waals surface area (Å²) in [5, 5.41) is 13.2. The van der Waals surface area contributed by atoms with Crippen LogP contribution in [0.1, 0.15) is 16.1 Å². The summed E-state index contributed by atoms with van der Waals surface area (Å²) in [6, 6.07) is 7.29. The fourth-order valence-corrected chi connectivity index (χ4v) is 3.38. The molecule has 2 N–H and O–H groups in total. The third-order valence-electron chi connectivity index (χ3n) is 2.49. The molecule has 0 aliphatic carbocycles. The van der Waals surface area contributed by atoms with Gasteiger partial charge in [-0.05, 0) is 24.3 Å². The molecule has 0 saturated carbocycles. The van der Waals surface area contributed by atoms with Gasteiger partial charge >= 0.3 is 5.97 Å². The third-order valence-corrected chi connectivity index (χ3v) is 4.54. The van der Waals surface area contributed by atoms with Crippen molar-refractivity contribution in [2.45, 2.75) is 11.3 Å². The number of aromatic carboxylic acids is 1. The van der Waals surface area contributed by atoms with Crippen LogP contribution in [0.25, 0.3) is 0 Å². The van der Waals surface area contributed by atoms with Crippen LogP contribution in [-0.4, -0.2) is 22.7 Å². The minimum absolute atomic E-state index is 0.207. The van der Waals surface area contributed by atoms with Crippen LogP contribution < -0.4 is 5.32 Å². The lowest BCUT2D eigenvalue weighted by Crippen LogP contribution is -2.12. The van der Waals surface area contributed by atoms with Gasteiger partial charge in [0.05, 0.1) is 0 Å². The highest BCUT2D eigenvalue weighted by molar-refractivity contribution is 7.99. The van der Waals surface area contributed by atoms with Crippen LogP contribution in [0.4, 0.5) is 10.1 Å². The molecule has 2 rings (SSSR count). The number of hydrogen-bond acceptors (Lipinski definition) is 4. The highest BCUT2D eigenvalue weighted by Gasteiger charge is 2.08. The molecule has 1 heterocycles. The number of rotatable bonds is 6. The zero-order chi connectivity index (χ0) is 15.2. The second-order valence-corrected chi connectivity index (χ2v) is 6.19. The number of carboxylic acids is 1. The standard InChI is InChI=1S/C14H12FNO3S2/c15-9-2-1-3-10(6-9)16-13(17)4-5-20-11-7-12(14(18)19)21-8-11/h1-3,6-8H,4-5H2,(H,16,17)(H,18,19). The number of amides is 1. The SMILES string of the molecule is O=C(CCSc1csc(C(=O)O)c1)Nc1cccc(F)c1. The molecule has 1 aromatic carbocycles. The molecular weight excluding hydrogens is 313 g/mol. The van der Waals surface area contributed by atoms with E-state index in [2.05, 4.69) is 5.32 Å². The highest BCUT2D eigenvalue weighted by atomic mass is 32.2. The van der Waals surface area contributed by atoms with E-state index >= 15 is 0 Å². The molecule has 0 radical (unpaired) electrons. The third kappa shape index (κ3) is 4.87. The lowest BCUT2D eigenvalue weighted by Gasteiger charge is -2.04. The Morgan fingerprint density at radius 3 is 2.81 bits per heavy atom. The Labute approximate surface area is 129 Å². The van der Waals surface area contributed by atoms with E-state index in [4.69, 9.17) is 5.11 Å². The van der Waals surface area contributed by atoms with Crippen LogP contribution in [0.15, 0.2) is 40.6 Å². The van der Waals surface area contributed by atoms with Crippen LogP contribution in [0.5, 0.6) is 0 Å². The molecule has 0 unspecified atom stereocenters. The maximum atomic E-state index is 13.0. The molecule has 0 fully saturated rings.